The van der Waals surface area contributed by atoms with Crippen LogP contribution in [0.4, 0.5) is 5.69 Å². The van der Waals surface area contributed by atoms with Gasteiger partial charge in [0.25, 0.3) is 5.91 Å². The molecular weight excluding hydrogens is 388 g/mol. The number of hydrogen-bond donors (Lipinski definition) is 1. The number of carbonyl (C=O) groups excluding carboxylic acids is 2. The first-order valence-electron chi connectivity index (χ1n) is 7.58. The molecule has 2 aromatic carbocycles. The summed E-state index contributed by atoms with van der Waals surface area (Å²) in [6, 6.07) is 12.7. The Morgan fingerprint density at radius 3 is 2.84 bits per heavy atom. The van der Waals surface area contributed by atoms with E-state index in [1.807, 2.05) is 37.3 Å². The van der Waals surface area contributed by atoms with Gasteiger partial charge < -0.3 is 14.6 Å². The number of aryl methyl sites for hydroxylation is 1. The summed E-state index contributed by atoms with van der Waals surface area (Å²) >= 11 is 3.40. The number of rotatable bonds is 5. The lowest BCUT2D eigenvalue weighted by molar-refractivity contribution is -0.146. The molecule has 1 amide bonds. The summed E-state index contributed by atoms with van der Waals surface area (Å²) in [4.78, 5) is 23.8. The van der Waals surface area contributed by atoms with E-state index in [4.69, 9.17) is 9.26 Å². The van der Waals surface area contributed by atoms with Crippen LogP contribution in [0.25, 0.3) is 11.0 Å². The van der Waals surface area contributed by atoms with E-state index in [0.717, 1.165) is 15.4 Å². The summed E-state index contributed by atoms with van der Waals surface area (Å²) in [6.07, 6.45) is -0.0539. The van der Waals surface area contributed by atoms with E-state index in [0.29, 0.717) is 17.0 Å². The molecule has 0 saturated carbocycles. The van der Waals surface area contributed by atoms with Gasteiger partial charge in [-0.2, -0.15) is 0 Å². The van der Waals surface area contributed by atoms with Gasteiger partial charge in [0.05, 0.1) is 6.42 Å². The Morgan fingerprint density at radius 1 is 1.24 bits per heavy atom. The van der Waals surface area contributed by atoms with Gasteiger partial charge in [-0.15, -0.1) is 0 Å². The van der Waals surface area contributed by atoms with Gasteiger partial charge in [0.1, 0.15) is 5.69 Å². The molecule has 0 bridgehead atoms. The Hall–Kier alpha value is -2.67. The third kappa shape index (κ3) is 4.24. The zero-order chi connectivity index (χ0) is 17.8. The maximum Gasteiger partial charge on any atom is 0.312 e. The highest BCUT2D eigenvalue weighted by Crippen LogP contribution is 2.20. The molecule has 128 valence electrons. The molecule has 0 aliphatic rings. The Bertz CT molecular complexity index is 936. The SMILES string of the molecule is Cc1cc(NC(=O)COC(=O)Cc2noc3ccccc23)ccc1Br. The van der Waals surface area contributed by atoms with Crippen molar-refractivity contribution >= 4 is 44.5 Å². The summed E-state index contributed by atoms with van der Waals surface area (Å²) in [6.45, 7) is 1.56. The van der Waals surface area contributed by atoms with Crippen LogP contribution in [0.2, 0.25) is 0 Å². The van der Waals surface area contributed by atoms with Crippen LogP contribution in [0.15, 0.2) is 51.5 Å². The zero-order valence-electron chi connectivity index (χ0n) is 13.4. The molecule has 0 unspecified atom stereocenters. The number of para-hydroxylation sites is 1. The highest BCUT2D eigenvalue weighted by atomic mass is 79.9. The van der Waals surface area contributed by atoms with Crippen molar-refractivity contribution in [1.82, 2.24) is 5.16 Å². The monoisotopic (exact) mass is 402 g/mol. The van der Waals surface area contributed by atoms with Crippen LogP contribution in [0.3, 0.4) is 0 Å². The second-order valence-corrected chi connectivity index (χ2v) is 6.33. The first-order chi connectivity index (χ1) is 12.0. The summed E-state index contributed by atoms with van der Waals surface area (Å²) in [7, 11) is 0. The number of esters is 1. The smallest absolute Gasteiger partial charge is 0.312 e. The van der Waals surface area contributed by atoms with E-state index in [1.165, 1.54) is 0 Å². The topological polar surface area (TPSA) is 81.4 Å². The Morgan fingerprint density at radius 2 is 2.04 bits per heavy atom. The maximum absolute atomic E-state index is 11.9. The molecule has 25 heavy (non-hydrogen) atoms. The number of fused-ring (bicyclic) bond motifs is 1. The van der Waals surface area contributed by atoms with Gasteiger partial charge in [-0.1, -0.05) is 33.2 Å². The van der Waals surface area contributed by atoms with E-state index >= 15 is 0 Å². The van der Waals surface area contributed by atoms with Gasteiger partial charge in [0, 0.05) is 15.5 Å². The predicted octanol–water partition coefficient (Wildman–Crippen LogP) is 3.62. The quantitative estimate of drug-likeness (QED) is 0.659. The van der Waals surface area contributed by atoms with E-state index < -0.39 is 11.9 Å². The number of ether oxygens (including phenoxy) is 1. The van der Waals surface area contributed by atoms with Gasteiger partial charge in [-0.25, -0.2) is 0 Å². The normalized spacial score (nSPS) is 10.6. The van der Waals surface area contributed by atoms with Gasteiger partial charge in [0.15, 0.2) is 12.2 Å². The van der Waals surface area contributed by atoms with Crippen molar-refractivity contribution in [3.05, 3.63) is 58.2 Å². The molecule has 0 atom stereocenters. The fraction of sp³-hybridized carbons (Fsp3) is 0.167. The first-order valence-corrected chi connectivity index (χ1v) is 8.37. The van der Waals surface area contributed by atoms with Crippen LogP contribution in [0.1, 0.15) is 11.3 Å². The van der Waals surface area contributed by atoms with Crippen LogP contribution in [0.5, 0.6) is 0 Å². The van der Waals surface area contributed by atoms with E-state index in [9.17, 15) is 9.59 Å². The predicted molar refractivity (Wildman–Crippen MR) is 96.2 cm³/mol. The molecular formula is C18H15BrN2O4. The van der Waals surface area contributed by atoms with Crippen molar-refractivity contribution in [3.8, 4) is 0 Å². The van der Waals surface area contributed by atoms with Crippen molar-refractivity contribution in [2.75, 3.05) is 11.9 Å². The molecule has 3 rings (SSSR count). The Labute approximate surface area is 152 Å². The first kappa shape index (κ1) is 17.2. The molecule has 0 radical (unpaired) electrons. The van der Waals surface area contributed by atoms with Crippen LogP contribution in [-0.2, 0) is 20.7 Å². The number of nitrogens with zero attached hydrogens (tertiary/aromatic N) is 1. The van der Waals surface area contributed by atoms with Crippen LogP contribution < -0.4 is 5.32 Å². The largest absolute Gasteiger partial charge is 0.455 e. The average molecular weight is 403 g/mol. The highest BCUT2D eigenvalue weighted by Gasteiger charge is 2.14. The molecule has 6 nitrogen and oxygen atoms in total. The summed E-state index contributed by atoms with van der Waals surface area (Å²) in [5.74, 6) is -0.943. The molecule has 0 fully saturated rings. The minimum Gasteiger partial charge on any atom is -0.455 e. The lowest BCUT2D eigenvalue weighted by Gasteiger charge is -2.07. The van der Waals surface area contributed by atoms with Crippen molar-refractivity contribution in [2.45, 2.75) is 13.3 Å². The zero-order valence-corrected chi connectivity index (χ0v) is 15.0. The number of halogens is 1. The number of nitrogens with one attached hydrogen (secondary N) is 1. The molecule has 1 N–H and O–H groups in total. The van der Waals surface area contributed by atoms with Crippen molar-refractivity contribution in [3.63, 3.8) is 0 Å². The van der Waals surface area contributed by atoms with Gasteiger partial charge in [-0.3, -0.25) is 9.59 Å². The molecule has 0 saturated heterocycles. The molecule has 1 aromatic heterocycles. The number of hydrogen-bond acceptors (Lipinski definition) is 5. The van der Waals surface area contributed by atoms with Gasteiger partial charge >= 0.3 is 5.97 Å². The van der Waals surface area contributed by atoms with E-state index in [-0.39, 0.29) is 13.0 Å². The van der Waals surface area contributed by atoms with E-state index in [1.54, 1.807) is 12.1 Å². The number of anilines is 1. The summed E-state index contributed by atoms with van der Waals surface area (Å²) in [5, 5.41) is 7.31. The van der Waals surface area contributed by atoms with Crippen molar-refractivity contribution in [2.24, 2.45) is 0 Å². The standard InChI is InChI=1S/C18H15BrN2O4/c1-11-8-12(6-7-14(11)19)20-17(22)10-24-18(23)9-15-13-4-2-3-5-16(13)25-21-15/h2-8H,9-10H2,1H3,(H,20,22). The lowest BCUT2D eigenvalue weighted by Crippen LogP contribution is -2.21. The van der Waals surface area contributed by atoms with Crippen LogP contribution >= 0.6 is 15.9 Å². The molecule has 7 heteroatoms. The summed E-state index contributed by atoms with van der Waals surface area (Å²) in [5.41, 5.74) is 2.73. The second-order valence-electron chi connectivity index (χ2n) is 5.48. The van der Waals surface area contributed by atoms with Gasteiger partial charge in [-0.05, 0) is 42.8 Å². The molecule has 0 aliphatic carbocycles. The highest BCUT2D eigenvalue weighted by molar-refractivity contribution is 9.10. The second kappa shape index (κ2) is 7.48. The lowest BCUT2D eigenvalue weighted by atomic mass is 10.2. The third-order valence-corrected chi connectivity index (χ3v) is 4.46. The summed E-state index contributed by atoms with van der Waals surface area (Å²) < 4.78 is 11.1. The number of aromatic nitrogens is 1. The minimum absolute atomic E-state index is 0.0539. The maximum atomic E-state index is 11.9. The Kier molecular flexibility index (Phi) is 5.14. The van der Waals surface area contributed by atoms with Crippen molar-refractivity contribution < 1.29 is 18.8 Å². The van der Waals surface area contributed by atoms with Crippen molar-refractivity contribution in [1.29, 1.82) is 0 Å². The van der Waals surface area contributed by atoms with Crippen LogP contribution in [-0.4, -0.2) is 23.6 Å². The van der Waals surface area contributed by atoms with Gasteiger partial charge in [0.2, 0.25) is 0 Å². The molecule has 1 heterocycles. The number of carbonyl (C=O) groups is 2. The fourth-order valence-corrected chi connectivity index (χ4v) is 2.57. The minimum atomic E-state index is -0.541. The third-order valence-electron chi connectivity index (χ3n) is 3.57. The molecule has 3 aromatic rings. The Balaban J connectivity index is 1.53. The van der Waals surface area contributed by atoms with Crippen LogP contribution in [0, 0.1) is 6.92 Å². The average Bonchev–Trinajstić information content (AvgIpc) is 2.99. The molecule has 0 spiro atoms. The fourth-order valence-electron chi connectivity index (χ4n) is 2.32. The number of benzene rings is 2. The van der Waals surface area contributed by atoms with E-state index in [2.05, 4.69) is 26.4 Å². The molecule has 0 aliphatic heterocycles. The number of amides is 1.